The summed E-state index contributed by atoms with van der Waals surface area (Å²) in [4.78, 5) is 33.1. The van der Waals surface area contributed by atoms with Gasteiger partial charge in [0.1, 0.15) is 11.9 Å². The molecule has 1 aromatic heterocycles. The smallest absolute Gasteiger partial charge is 0.251 e. The van der Waals surface area contributed by atoms with Gasteiger partial charge in [-0.1, -0.05) is 24.3 Å². The molecule has 1 N–H and O–H groups in total. The van der Waals surface area contributed by atoms with Crippen LogP contribution >= 0.6 is 0 Å². The Bertz CT molecular complexity index is 713. The van der Waals surface area contributed by atoms with Crippen LogP contribution in [0.2, 0.25) is 0 Å². The zero-order valence-electron chi connectivity index (χ0n) is 14.3. The molecule has 0 aliphatic carbocycles. The second-order valence-electron chi connectivity index (χ2n) is 6.06. The van der Waals surface area contributed by atoms with E-state index in [4.69, 9.17) is 0 Å². The highest BCUT2D eigenvalue weighted by Gasteiger charge is 2.26. The van der Waals surface area contributed by atoms with Crippen LogP contribution in [0.15, 0.2) is 54.7 Å². The molecule has 1 saturated heterocycles. The fraction of sp³-hybridized carbons (Fsp3) is 0.316. The van der Waals surface area contributed by atoms with Crippen LogP contribution in [-0.4, -0.2) is 53.9 Å². The van der Waals surface area contributed by atoms with Crippen LogP contribution in [0.3, 0.4) is 0 Å². The SMILES string of the molecule is CC(NC(=O)c1ccccc1)C(=O)N1CCN(c2ccccn2)CC1. The summed E-state index contributed by atoms with van der Waals surface area (Å²) in [5.74, 6) is 0.651. The minimum absolute atomic E-state index is 0.0510. The van der Waals surface area contributed by atoms with Gasteiger partial charge in [-0.05, 0) is 31.2 Å². The van der Waals surface area contributed by atoms with Crippen LogP contribution in [-0.2, 0) is 4.79 Å². The molecule has 1 unspecified atom stereocenters. The van der Waals surface area contributed by atoms with Gasteiger partial charge < -0.3 is 15.1 Å². The Hall–Kier alpha value is -2.89. The Morgan fingerprint density at radius 1 is 1.00 bits per heavy atom. The van der Waals surface area contributed by atoms with Crippen LogP contribution in [0.25, 0.3) is 0 Å². The fourth-order valence-electron chi connectivity index (χ4n) is 2.90. The number of benzene rings is 1. The first-order valence-electron chi connectivity index (χ1n) is 8.46. The number of piperazine rings is 1. The van der Waals surface area contributed by atoms with E-state index in [9.17, 15) is 9.59 Å². The van der Waals surface area contributed by atoms with Crippen molar-refractivity contribution in [3.8, 4) is 0 Å². The maximum Gasteiger partial charge on any atom is 0.251 e. The lowest BCUT2D eigenvalue weighted by Gasteiger charge is -2.36. The monoisotopic (exact) mass is 338 g/mol. The maximum atomic E-state index is 12.6. The normalized spacial score (nSPS) is 15.6. The van der Waals surface area contributed by atoms with Crippen molar-refractivity contribution in [2.75, 3.05) is 31.1 Å². The van der Waals surface area contributed by atoms with E-state index in [2.05, 4.69) is 15.2 Å². The molecular formula is C19H22N4O2. The van der Waals surface area contributed by atoms with E-state index in [1.807, 2.05) is 24.3 Å². The number of carbonyl (C=O) groups excluding carboxylic acids is 2. The number of hydrogen-bond acceptors (Lipinski definition) is 4. The predicted octanol–water partition coefficient (Wildman–Crippen LogP) is 1.55. The van der Waals surface area contributed by atoms with Crippen molar-refractivity contribution in [3.63, 3.8) is 0 Å². The molecule has 1 aliphatic heterocycles. The summed E-state index contributed by atoms with van der Waals surface area (Å²) in [6, 6.07) is 14.2. The predicted molar refractivity (Wildman–Crippen MR) is 96.4 cm³/mol. The lowest BCUT2D eigenvalue weighted by molar-refractivity contribution is -0.133. The zero-order valence-corrected chi connectivity index (χ0v) is 14.3. The van der Waals surface area contributed by atoms with Gasteiger partial charge in [-0.15, -0.1) is 0 Å². The van der Waals surface area contributed by atoms with Gasteiger partial charge >= 0.3 is 0 Å². The third kappa shape index (κ3) is 4.15. The summed E-state index contributed by atoms with van der Waals surface area (Å²) in [5.41, 5.74) is 0.558. The molecule has 25 heavy (non-hydrogen) atoms. The third-order valence-electron chi connectivity index (χ3n) is 4.32. The Kier molecular flexibility index (Phi) is 5.28. The Labute approximate surface area is 147 Å². The number of pyridine rings is 1. The van der Waals surface area contributed by atoms with Crippen LogP contribution < -0.4 is 10.2 Å². The van der Waals surface area contributed by atoms with Crippen molar-refractivity contribution < 1.29 is 9.59 Å². The molecule has 2 amide bonds. The summed E-state index contributed by atoms with van der Waals surface area (Å²) < 4.78 is 0. The summed E-state index contributed by atoms with van der Waals surface area (Å²) in [6.45, 7) is 4.46. The Morgan fingerprint density at radius 3 is 2.32 bits per heavy atom. The van der Waals surface area contributed by atoms with Crippen molar-refractivity contribution in [2.24, 2.45) is 0 Å². The molecule has 3 rings (SSSR count). The van der Waals surface area contributed by atoms with Gasteiger partial charge in [-0.2, -0.15) is 0 Å². The number of amides is 2. The van der Waals surface area contributed by atoms with Gasteiger partial charge in [0.15, 0.2) is 0 Å². The van der Waals surface area contributed by atoms with Crippen molar-refractivity contribution in [1.29, 1.82) is 0 Å². The van der Waals surface area contributed by atoms with Gasteiger partial charge in [0.05, 0.1) is 0 Å². The van der Waals surface area contributed by atoms with Crippen molar-refractivity contribution in [3.05, 3.63) is 60.3 Å². The molecule has 0 bridgehead atoms. The lowest BCUT2D eigenvalue weighted by Crippen LogP contribution is -2.54. The molecule has 1 fully saturated rings. The summed E-state index contributed by atoms with van der Waals surface area (Å²) in [7, 11) is 0. The topological polar surface area (TPSA) is 65.5 Å². The minimum atomic E-state index is -0.547. The van der Waals surface area contributed by atoms with Crippen molar-refractivity contribution >= 4 is 17.6 Å². The third-order valence-corrected chi connectivity index (χ3v) is 4.32. The van der Waals surface area contributed by atoms with E-state index in [1.165, 1.54) is 0 Å². The second-order valence-corrected chi connectivity index (χ2v) is 6.06. The largest absolute Gasteiger partial charge is 0.353 e. The Balaban J connectivity index is 1.53. The highest BCUT2D eigenvalue weighted by Crippen LogP contribution is 2.13. The lowest BCUT2D eigenvalue weighted by atomic mass is 10.2. The minimum Gasteiger partial charge on any atom is -0.353 e. The molecule has 6 heteroatoms. The molecule has 1 aromatic carbocycles. The van der Waals surface area contributed by atoms with E-state index >= 15 is 0 Å². The number of nitrogens with one attached hydrogen (secondary N) is 1. The Morgan fingerprint density at radius 2 is 1.68 bits per heavy atom. The van der Waals surface area contributed by atoms with E-state index in [-0.39, 0.29) is 11.8 Å². The highest BCUT2D eigenvalue weighted by molar-refractivity contribution is 5.97. The number of aromatic nitrogens is 1. The van der Waals surface area contributed by atoms with Gasteiger partial charge in [-0.3, -0.25) is 9.59 Å². The molecule has 0 radical (unpaired) electrons. The first-order chi connectivity index (χ1) is 12.1. The first kappa shape index (κ1) is 17.0. The van der Waals surface area contributed by atoms with E-state index < -0.39 is 6.04 Å². The first-order valence-corrected chi connectivity index (χ1v) is 8.46. The van der Waals surface area contributed by atoms with Crippen molar-refractivity contribution in [1.82, 2.24) is 15.2 Å². The molecule has 2 heterocycles. The molecule has 0 saturated carbocycles. The summed E-state index contributed by atoms with van der Waals surface area (Å²) >= 11 is 0. The number of anilines is 1. The number of hydrogen-bond donors (Lipinski definition) is 1. The van der Waals surface area contributed by atoms with Crippen LogP contribution in [0, 0.1) is 0 Å². The molecule has 1 atom stereocenters. The van der Waals surface area contributed by atoms with Crippen LogP contribution in [0.1, 0.15) is 17.3 Å². The van der Waals surface area contributed by atoms with Gasteiger partial charge in [-0.25, -0.2) is 4.98 Å². The standard InChI is InChI=1S/C19H22N4O2/c1-15(21-18(24)16-7-3-2-4-8-16)19(25)23-13-11-22(12-14-23)17-9-5-6-10-20-17/h2-10,15H,11-14H2,1H3,(H,21,24). The summed E-state index contributed by atoms with van der Waals surface area (Å²) in [5, 5.41) is 2.78. The van der Waals surface area contributed by atoms with Gasteiger partial charge in [0, 0.05) is 37.9 Å². The van der Waals surface area contributed by atoms with E-state index in [1.54, 1.807) is 42.3 Å². The van der Waals surface area contributed by atoms with Crippen LogP contribution in [0.4, 0.5) is 5.82 Å². The highest BCUT2D eigenvalue weighted by atomic mass is 16.2. The van der Waals surface area contributed by atoms with Gasteiger partial charge in [0.25, 0.3) is 5.91 Å². The summed E-state index contributed by atoms with van der Waals surface area (Å²) in [6.07, 6.45) is 1.77. The van der Waals surface area contributed by atoms with Gasteiger partial charge in [0.2, 0.25) is 5.91 Å². The average Bonchev–Trinajstić information content (AvgIpc) is 2.69. The quantitative estimate of drug-likeness (QED) is 0.919. The number of nitrogens with zero attached hydrogens (tertiary/aromatic N) is 3. The number of rotatable bonds is 4. The number of carbonyl (C=O) groups is 2. The zero-order chi connectivity index (χ0) is 17.6. The molecule has 130 valence electrons. The van der Waals surface area contributed by atoms with Crippen molar-refractivity contribution in [2.45, 2.75) is 13.0 Å². The second kappa shape index (κ2) is 7.79. The molecule has 1 aliphatic rings. The molecular weight excluding hydrogens is 316 g/mol. The fourth-order valence-corrected chi connectivity index (χ4v) is 2.90. The molecule has 6 nitrogen and oxygen atoms in total. The van der Waals surface area contributed by atoms with Crippen LogP contribution in [0.5, 0.6) is 0 Å². The van der Waals surface area contributed by atoms with E-state index in [0.29, 0.717) is 18.7 Å². The molecule has 2 aromatic rings. The average molecular weight is 338 g/mol. The molecule has 0 spiro atoms. The van der Waals surface area contributed by atoms with E-state index in [0.717, 1.165) is 18.9 Å². The maximum absolute atomic E-state index is 12.6.